The summed E-state index contributed by atoms with van der Waals surface area (Å²) >= 11 is 1.86. The second-order valence-electron chi connectivity index (χ2n) is 6.60. The van der Waals surface area contributed by atoms with E-state index in [9.17, 15) is 0 Å². The Balaban J connectivity index is 1.38. The molecule has 20 heavy (non-hydrogen) atoms. The number of thiazole rings is 1. The van der Waals surface area contributed by atoms with Crippen molar-refractivity contribution in [3.63, 3.8) is 0 Å². The minimum atomic E-state index is 0.407. The maximum atomic E-state index is 5.36. The Morgan fingerprint density at radius 2 is 2.25 bits per heavy atom. The maximum absolute atomic E-state index is 5.36. The highest BCUT2D eigenvalue weighted by molar-refractivity contribution is 7.18. The summed E-state index contributed by atoms with van der Waals surface area (Å²) in [6.45, 7) is 7.81. The number of H-pyrrole nitrogens is 1. The molecule has 0 bridgehead atoms. The van der Waals surface area contributed by atoms with Crippen LogP contribution in [-0.2, 0) is 4.74 Å². The fourth-order valence-electron chi connectivity index (χ4n) is 3.36. The average molecular weight is 291 g/mol. The van der Waals surface area contributed by atoms with Gasteiger partial charge >= 0.3 is 0 Å². The molecule has 0 aromatic carbocycles. The molecule has 2 aromatic rings. The monoisotopic (exact) mass is 291 g/mol. The van der Waals surface area contributed by atoms with Crippen molar-refractivity contribution in [1.82, 2.24) is 14.9 Å². The first-order valence-corrected chi connectivity index (χ1v) is 8.27. The molecule has 0 aliphatic carbocycles. The summed E-state index contributed by atoms with van der Waals surface area (Å²) in [5, 5.41) is 1.32. The third-order valence-corrected chi connectivity index (χ3v) is 5.75. The molecule has 0 amide bonds. The molecule has 4 rings (SSSR count). The van der Waals surface area contributed by atoms with E-state index < -0.39 is 0 Å². The Kier molecular flexibility index (Phi) is 3.09. The highest BCUT2D eigenvalue weighted by atomic mass is 32.1. The van der Waals surface area contributed by atoms with Crippen LogP contribution in [-0.4, -0.2) is 47.7 Å². The van der Waals surface area contributed by atoms with Crippen molar-refractivity contribution in [2.24, 2.45) is 5.41 Å². The summed E-state index contributed by atoms with van der Waals surface area (Å²) < 4.78 is 6.65. The molecule has 0 atom stereocenters. The number of hydrogen-bond acceptors (Lipinski definition) is 4. The van der Waals surface area contributed by atoms with Crippen LogP contribution in [0.1, 0.15) is 30.7 Å². The lowest BCUT2D eigenvalue weighted by Crippen LogP contribution is -2.50. The van der Waals surface area contributed by atoms with Crippen molar-refractivity contribution in [2.75, 3.05) is 32.8 Å². The molecule has 0 unspecified atom stereocenters. The van der Waals surface area contributed by atoms with E-state index in [0.717, 1.165) is 18.9 Å². The molecule has 4 nitrogen and oxygen atoms in total. The van der Waals surface area contributed by atoms with Gasteiger partial charge in [0.15, 0.2) is 0 Å². The molecule has 0 spiro atoms. The van der Waals surface area contributed by atoms with Crippen LogP contribution in [0, 0.1) is 5.41 Å². The fraction of sp³-hybridized carbons (Fsp3) is 0.667. The van der Waals surface area contributed by atoms with E-state index in [0.29, 0.717) is 11.3 Å². The molecule has 2 fully saturated rings. The van der Waals surface area contributed by atoms with Gasteiger partial charge in [-0.25, -0.2) is 4.98 Å². The van der Waals surface area contributed by atoms with Crippen molar-refractivity contribution in [3.8, 4) is 0 Å². The van der Waals surface area contributed by atoms with Gasteiger partial charge in [0.05, 0.1) is 22.9 Å². The van der Waals surface area contributed by atoms with E-state index in [2.05, 4.69) is 22.9 Å². The van der Waals surface area contributed by atoms with Crippen LogP contribution in [0.3, 0.4) is 0 Å². The van der Waals surface area contributed by atoms with Crippen molar-refractivity contribution < 1.29 is 4.74 Å². The standard InChI is InChI=1S/C15H21N3OS/c1-15(9-19-10-15)8-18-6-3-11(4-7-18)14-17-13-12(20-14)2-5-16-13/h2,5,11,16H,3-4,6-10H2,1H3. The van der Waals surface area contributed by atoms with Gasteiger partial charge in [0.2, 0.25) is 0 Å². The van der Waals surface area contributed by atoms with Crippen molar-refractivity contribution in [2.45, 2.75) is 25.7 Å². The number of nitrogens with zero attached hydrogens (tertiary/aromatic N) is 2. The molecule has 4 heterocycles. The number of likely N-dealkylation sites (tertiary alicyclic amines) is 1. The summed E-state index contributed by atoms with van der Waals surface area (Å²) in [7, 11) is 0. The van der Waals surface area contributed by atoms with Crippen molar-refractivity contribution >= 4 is 21.7 Å². The number of hydrogen-bond donors (Lipinski definition) is 1. The first-order chi connectivity index (χ1) is 9.72. The number of piperidine rings is 1. The highest BCUT2D eigenvalue weighted by Crippen LogP contribution is 2.35. The maximum Gasteiger partial charge on any atom is 0.148 e. The molecule has 108 valence electrons. The van der Waals surface area contributed by atoms with Gasteiger partial charge in [-0.3, -0.25) is 0 Å². The average Bonchev–Trinajstić information content (AvgIpc) is 2.98. The lowest BCUT2D eigenvalue weighted by Gasteiger charge is -2.43. The Morgan fingerprint density at radius 1 is 1.45 bits per heavy atom. The summed E-state index contributed by atoms with van der Waals surface area (Å²) in [5.74, 6) is 0.655. The number of nitrogens with one attached hydrogen (secondary N) is 1. The molecule has 0 saturated carbocycles. The Labute approximate surface area is 123 Å². The minimum Gasteiger partial charge on any atom is -0.380 e. The van der Waals surface area contributed by atoms with Crippen LogP contribution in [0.5, 0.6) is 0 Å². The van der Waals surface area contributed by atoms with Gasteiger partial charge in [-0.2, -0.15) is 0 Å². The number of aromatic amines is 1. The molecule has 0 radical (unpaired) electrons. The van der Waals surface area contributed by atoms with Crippen LogP contribution in [0.2, 0.25) is 0 Å². The quantitative estimate of drug-likeness (QED) is 0.945. The molecule has 2 aromatic heterocycles. The molecular weight excluding hydrogens is 270 g/mol. The van der Waals surface area contributed by atoms with E-state index in [1.54, 1.807) is 0 Å². The predicted molar refractivity (Wildman–Crippen MR) is 81.3 cm³/mol. The van der Waals surface area contributed by atoms with E-state index in [1.807, 2.05) is 17.5 Å². The lowest BCUT2D eigenvalue weighted by molar-refractivity contribution is -0.116. The van der Waals surface area contributed by atoms with E-state index >= 15 is 0 Å². The summed E-state index contributed by atoms with van der Waals surface area (Å²) in [6, 6.07) is 2.13. The second-order valence-corrected chi connectivity index (χ2v) is 7.66. The number of ether oxygens (including phenoxy) is 1. The molecule has 2 aliphatic heterocycles. The van der Waals surface area contributed by atoms with Crippen molar-refractivity contribution in [1.29, 1.82) is 0 Å². The zero-order valence-electron chi connectivity index (χ0n) is 11.9. The molecule has 1 N–H and O–H groups in total. The van der Waals surface area contributed by atoms with Gasteiger partial charge in [0.1, 0.15) is 5.65 Å². The zero-order chi connectivity index (χ0) is 13.6. The first-order valence-electron chi connectivity index (χ1n) is 7.46. The number of fused-ring (bicyclic) bond motifs is 1. The van der Waals surface area contributed by atoms with Gasteiger partial charge in [0.25, 0.3) is 0 Å². The number of aromatic nitrogens is 2. The van der Waals surface area contributed by atoms with E-state index in [-0.39, 0.29) is 0 Å². The third-order valence-electron chi connectivity index (χ3n) is 4.57. The lowest BCUT2D eigenvalue weighted by atomic mass is 9.86. The minimum absolute atomic E-state index is 0.407. The molecular formula is C15H21N3OS. The van der Waals surface area contributed by atoms with E-state index in [4.69, 9.17) is 9.72 Å². The van der Waals surface area contributed by atoms with Gasteiger partial charge in [-0.15, -0.1) is 11.3 Å². The SMILES string of the molecule is CC1(CN2CCC(c3nc4[nH]ccc4s3)CC2)COC1. The largest absolute Gasteiger partial charge is 0.380 e. The van der Waals surface area contributed by atoms with Gasteiger partial charge in [0, 0.05) is 24.1 Å². The van der Waals surface area contributed by atoms with Gasteiger partial charge in [-0.1, -0.05) is 6.92 Å². The molecule has 2 aliphatic rings. The normalized spacial score (nSPS) is 24.1. The highest BCUT2D eigenvalue weighted by Gasteiger charge is 2.36. The van der Waals surface area contributed by atoms with Crippen LogP contribution in [0.15, 0.2) is 12.3 Å². The van der Waals surface area contributed by atoms with Crippen LogP contribution < -0.4 is 0 Å². The van der Waals surface area contributed by atoms with Crippen LogP contribution in [0.25, 0.3) is 10.3 Å². The molecule has 2 saturated heterocycles. The molecule has 5 heteroatoms. The second kappa shape index (κ2) is 4.83. The first kappa shape index (κ1) is 12.8. The Bertz CT molecular complexity index is 565. The Hall–Kier alpha value is -0.910. The summed E-state index contributed by atoms with van der Waals surface area (Å²) in [4.78, 5) is 10.6. The van der Waals surface area contributed by atoms with Crippen molar-refractivity contribution in [3.05, 3.63) is 17.3 Å². The predicted octanol–water partition coefficient (Wildman–Crippen LogP) is 2.84. The van der Waals surface area contributed by atoms with Gasteiger partial charge < -0.3 is 14.6 Å². The fourth-order valence-corrected chi connectivity index (χ4v) is 4.46. The Morgan fingerprint density at radius 3 is 2.90 bits per heavy atom. The summed E-state index contributed by atoms with van der Waals surface area (Å²) in [5.41, 5.74) is 1.47. The van der Waals surface area contributed by atoms with Gasteiger partial charge in [-0.05, 0) is 32.0 Å². The van der Waals surface area contributed by atoms with E-state index in [1.165, 1.54) is 42.2 Å². The zero-order valence-corrected chi connectivity index (χ0v) is 12.7. The third kappa shape index (κ3) is 2.28. The van der Waals surface area contributed by atoms with Crippen LogP contribution in [0.4, 0.5) is 0 Å². The topological polar surface area (TPSA) is 41.2 Å². The number of rotatable bonds is 3. The van der Waals surface area contributed by atoms with Crippen LogP contribution >= 0.6 is 11.3 Å². The summed E-state index contributed by atoms with van der Waals surface area (Å²) in [6.07, 6.45) is 4.46. The smallest absolute Gasteiger partial charge is 0.148 e.